The lowest BCUT2D eigenvalue weighted by atomic mass is 10.2. The third kappa shape index (κ3) is 3.69. The fraction of sp³-hybridized carbons (Fsp3) is 0.267. The van der Waals surface area contributed by atoms with E-state index in [0.29, 0.717) is 18.1 Å². The van der Waals surface area contributed by atoms with E-state index >= 15 is 0 Å². The number of hydrogen-bond acceptors (Lipinski definition) is 6. The van der Waals surface area contributed by atoms with E-state index in [9.17, 15) is 8.42 Å². The molecule has 0 spiro atoms. The normalized spacial score (nSPS) is 13.1. The molecule has 1 aliphatic rings. The first-order valence-electron chi connectivity index (χ1n) is 7.23. The van der Waals surface area contributed by atoms with E-state index in [1.54, 1.807) is 12.1 Å². The van der Waals surface area contributed by atoms with E-state index < -0.39 is 10.2 Å². The summed E-state index contributed by atoms with van der Waals surface area (Å²) < 4.78 is 37.6. The Labute approximate surface area is 140 Å². The summed E-state index contributed by atoms with van der Waals surface area (Å²) in [5.41, 5.74) is 1.43. The first-order valence-corrected chi connectivity index (χ1v) is 8.67. The molecule has 2 heterocycles. The van der Waals surface area contributed by atoms with Crippen LogP contribution in [0.1, 0.15) is 5.56 Å². The zero-order valence-corrected chi connectivity index (χ0v) is 14.1. The summed E-state index contributed by atoms with van der Waals surface area (Å²) in [5.74, 6) is 2.12. The van der Waals surface area contributed by atoms with Crippen molar-refractivity contribution in [2.24, 2.45) is 0 Å². The highest BCUT2D eigenvalue weighted by Crippen LogP contribution is 2.32. The van der Waals surface area contributed by atoms with Crippen molar-refractivity contribution < 1.29 is 17.9 Å². The maximum absolute atomic E-state index is 11.7. The highest BCUT2D eigenvalue weighted by molar-refractivity contribution is 7.90. The molecule has 1 aliphatic heterocycles. The van der Waals surface area contributed by atoms with Crippen LogP contribution in [0.25, 0.3) is 0 Å². The Morgan fingerprint density at radius 3 is 2.67 bits per heavy atom. The summed E-state index contributed by atoms with van der Waals surface area (Å²) in [6.07, 6.45) is 1.46. The van der Waals surface area contributed by atoms with E-state index in [1.165, 1.54) is 20.3 Å². The van der Waals surface area contributed by atoms with E-state index in [2.05, 4.69) is 15.0 Å². The molecule has 0 saturated heterocycles. The van der Waals surface area contributed by atoms with Crippen LogP contribution in [0.3, 0.4) is 0 Å². The van der Waals surface area contributed by atoms with Crippen LogP contribution in [0.4, 0.5) is 11.5 Å². The summed E-state index contributed by atoms with van der Waals surface area (Å²) in [4.78, 5) is 4.20. The average molecular weight is 350 g/mol. The largest absolute Gasteiger partial charge is 0.454 e. The van der Waals surface area contributed by atoms with Crippen molar-refractivity contribution in [1.82, 2.24) is 9.29 Å². The molecule has 0 bridgehead atoms. The first-order chi connectivity index (χ1) is 11.4. The number of rotatable bonds is 6. The second-order valence-electron chi connectivity index (χ2n) is 5.36. The first kappa shape index (κ1) is 16.3. The van der Waals surface area contributed by atoms with Crippen LogP contribution < -0.4 is 19.5 Å². The van der Waals surface area contributed by atoms with Gasteiger partial charge in [0.1, 0.15) is 5.82 Å². The quantitative estimate of drug-likeness (QED) is 0.823. The minimum atomic E-state index is -3.53. The van der Waals surface area contributed by atoms with Crippen molar-refractivity contribution in [1.29, 1.82) is 0 Å². The number of hydrogen-bond donors (Lipinski definition) is 2. The molecule has 0 amide bonds. The van der Waals surface area contributed by atoms with Gasteiger partial charge in [0.25, 0.3) is 0 Å². The van der Waals surface area contributed by atoms with Gasteiger partial charge in [-0.25, -0.2) is 4.98 Å². The van der Waals surface area contributed by atoms with Gasteiger partial charge in [0.2, 0.25) is 6.79 Å². The lowest BCUT2D eigenvalue weighted by Gasteiger charge is -2.13. The Kier molecular flexibility index (Phi) is 4.45. The van der Waals surface area contributed by atoms with Crippen LogP contribution in [-0.4, -0.2) is 38.6 Å². The minimum Gasteiger partial charge on any atom is -0.454 e. The minimum absolute atomic E-state index is 0.248. The predicted molar refractivity (Wildman–Crippen MR) is 90.4 cm³/mol. The maximum Gasteiger partial charge on any atom is 0.301 e. The fourth-order valence-electron chi connectivity index (χ4n) is 2.04. The smallest absolute Gasteiger partial charge is 0.301 e. The maximum atomic E-state index is 11.7. The third-order valence-corrected chi connectivity index (χ3v) is 4.86. The van der Waals surface area contributed by atoms with Gasteiger partial charge in [-0.2, -0.15) is 12.7 Å². The molecule has 2 aromatic rings. The molecule has 1 aromatic carbocycles. The number of pyridine rings is 1. The van der Waals surface area contributed by atoms with E-state index in [-0.39, 0.29) is 6.79 Å². The lowest BCUT2D eigenvalue weighted by molar-refractivity contribution is 0.174. The number of ether oxygens (including phenoxy) is 2. The molecule has 1 aromatic heterocycles. The second kappa shape index (κ2) is 6.54. The van der Waals surface area contributed by atoms with Crippen molar-refractivity contribution >= 4 is 21.7 Å². The Morgan fingerprint density at radius 2 is 1.96 bits per heavy atom. The van der Waals surface area contributed by atoms with E-state index in [4.69, 9.17) is 9.47 Å². The van der Waals surface area contributed by atoms with Crippen LogP contribution >= 0.6 is 0 Å². The SMILES string of the molecule is CN(C)S(=O)(=O)Nc1ccc(NCc2ccc3c(c2)OCO3)nc1. The molecule has 24 heavy (non-hydrogen) atoms. The van der Waals surface area contributed by atoms with Gasteiger partial charge in [-0.15, -0.1) is 0 Å². The molecule has 0 saturated carbocycles. The third-order valence-electron chi connectivity index (χ3n) is 3.40. The molecule has 128 valence electrons. The topological polar surface area (TPSA) is 92.8 Å². The number of benzene rings is 1. The monoisotopic (exact) mass is 350 g/mol. The lowest BCUT2D eigenvalue weighted by Crippen LogP contribution is -2.28. The molecule has 0 fully saturated rings. The van der Waals surface area contributed by atoms with Crippen molar-refractivity contribution in [3.05, 3.63) is 42.1 Å². The molecule has 0 unspecified atom stereocenters. The average Bonchev–Trinajstić information content (AvgIpc) is 3.01. The van der Waals surface area contributed by atoms with Gasteiger partial charge in [0.05, 0.1) is 11.9 Å². The molecule has 0 atom stereocenters. The Hall–Kier alpha value is -2.52. The molecular formula is C15H18N4O4S. The van der Waals surface area contributed by atoms with Crippen molar-refractivity contribution in [3.8, 4) is 11.5 Å². The van der Waals surface area contributed by atoms with E-state index in [1.807, 2.05) is 18.2 Å². The highest BCUT2D eigenvalue weighted by Gasteiger charge is 2.14. The summed E-state index contributed by atoms with van der Waals surface area (Å²) in [6, 6.07) is 9.08. The Balaban J connectivity index is 1.60. The highest BCUT2D eigenvalue weighted by atomic mass is 32.2. The number of anilines is 2. The van der Waals surface area contributed by atoms with Crippen molar-refractivity contribution in [2.45, 2.75) is 6.54 Å². The predicted octanol–water partition coefficient (Wildman–Crippen LogP) is 1.64. The van der Waals surface area contributed by atoms with Crippen LogP contribution in [-0.2, 0) is 16.8 Å². The van der Waals surface area contributed by atoms with Crippen LogP contribution in [0.15, 0.2) is 36.5 Å². The van der Waals surface area contributed by atoms with Gasteiger partial charge in [-0.1, -0.05) is 6.07 Å². The van der Waals surface area contributed by atoms with Gasteiger partial charge in [0.15, 0.2) is 11.5 Å². The van der Waals surface area contributed by atoms with Gasteiger partial charge >= 0.3 is 10.2 Å². The molecular weight excluding hydrogens is 332 g/mol. The Morgan fingerprint density at radius 1 is 1.17 bits per heavy atom. The number of nitrogens with zero attached hydrogens (tertiary/aromatic N) is 2. The zero-order chi connectivity index (χ0) is 17.2. The van der Waals surface area contributed by atoms with Gasteiger partial charge in [-0.3, -0.25) is 4.72 Å². The van der Waals surface area contributed by atoms with Crippen LogP contribution in [0.2, 0.25) is 0 Å². The van der Waals surface area contributed by atoms with Gasteiger partial charge in [-0.05, 0) is 29.8 Å². The van der Waals surface area contributed by atoms with Gasteiger partial charge in [0, 0.05) is 20.6 Å². The van der Waals surface area contributed by atoms with Crippen LogP contribution in [0.5, 0.6) is 11.5 Å². The van der Waals surface area contributed by atoms with Gasteiger partial charge < -0.3 is 14.8 Å². The molecule has 0 aliphatic carbocycles. The fourth-order valence-corrected chi connectivity index (χ4v) is 2.64. The standard InChI is InChI=1S/C15H18N4O4S/c1-19(2)24(20,21)18-12-4-6-15(17-9-12)16-8-11-3-5-13-14(7-11)23-10-22-13/h3-7,9,18H,8,10H2,1-2H3,(H,16,17). The second-order valence-corrected chi connectivity index (χ2v) is 7.25. The molecule has 2 N–H and O–H groups in total. The summed E-state index contributed by atoms with van der Waals surface area (Å²) in [6.45, 7) is 0.810. The molecule has 0 radical (unpaired) electrons. The number of aromatic nitrogens is 1. The number of nitrogens with one attached hydrogen (secondary N) is 2. The zero-order valence-electron chi connectivity index (χ0n) is 13.3. The van der Waals surface area contributed by atoms with E-state index in [0.717, 1.165) is 21.4 Å². The van der Waals surface area contributed by atoms with Crippen molar-refractivity contribution in [2.75, 3.05) is 30.9 Å². The molecule has 8 nitrogen and oxygen atoms in total. The Bertz CT molecular complexity index is 822. The number of fused-ring (bicyclic) bond motifs is 1. The molecule has 9 heteroatoms. The summed E-state index contributed by atoms with van der Waals surface area (Å²) in [5, 5.41) is 3.17. The molecule has 3 rings (SSSR count). The summed E-state index contributed by atoms with van der Waals surface area (Å²) >= 11 is 0. The van der Waals surface area contributed by atoms with Crippen molar-refractivity contribution in [3.63, 3.8) is 0 Å². The summed E-state index contributed by atoms with van der Waals surface area (Å²) in [7, 11) is -0.617. The van der Waals surface area contributed by atoms with Crippen LogP contribution in [0, 0.1) is 0 Å².